The third-order valence-electron chi connectivity index (χ3n) is 2.98. The van der Waals surface area contributed by atoms with Crippen molar-refractivity contribution in [1.29, 1.82) is 0 Å². The van der Waals surface area contributed by atoms with Gasteiger partial charge in [-0.3, -0.25) is 0 Å². The molecular formula is C17H22BrN3. The zero-order chi connectivity index (χ0) is 15.5. The Labute approximate surface area is 135 Å². The highest BCUT2D eigenvalue weighted by molar-refractivity contribution is 9.10. The molecule has 1 aromatic heterocycles. The van der Waals surface area contributed by atoms with Crippen LogP contribution in [0.3, 0.4) is 0 Å². The normalized spacial score (nSPS) is 11.5. The zero-order valence-corrected chi connectivity index (χ0v) is 14.7. The average molecular weight is 348 g/mol. The second-order valence-electron chi connectivity index (χ2n) is 6.28. The quantitative estimate of drug-likeness (QED) is 0.852. The number of nitrogens with one attached hydrogen (secondary N) is 1. The lowest BCUT2D eigenvalue weighted by Crippen LogP contribution is -2.14. The Morgan fingerprint density at radius 3 is 2.33 bits per heavy atom. The molecule has 0 saturated heterocycles. The first-order valence-corrected chi connectivity index (χ1v) is 8.05. The van der Waals surface area contributed by atoms with Gasteiger partial charge >= 0.3 is 0 Å². The molecule has 1 aromatic carbocycles. The topological polar surface area (TPSA) is 37.8 Å². The van der Waals surface area contributed by atoms with E-state index in [-0.39, 0.29) is 5.41 Å². The molecule has 0 bridgehead atoms. The molecule has 0 unspecified atom stereocenters. The summed E-state index contributed by atoms with van der Waals surface area (Å²) in [6, 6.07) is 10.2. The van der Waals surface area contributed by atoms with Crippen molar-refractivity contribution in [3.8, 4) is 11.3 Å². The molecular weight excluding hydrogens is 326 g/mol. The van der Waals surface area contributed by atoms with Gasteiger partial charge in [-0.2, -0.15) is 0 Å². The molecule has 112 valence electrons. The van der Waals surface area contributed by atoms with Gasteiger partial charge in [0, 0.05) is 18.5 Å². The van der Waals surface area contributed by atoms with Crippen LogP contribution in [-0.2, 0) is 6.42 Å². The molecule has 4 heteroatoms. The van der Waals surface area contributed by atoms with Crippen LogP contribution >= 0.6 is 15.9 Å². The van der Waals surface area contributed by atoms with E-state index in [1.54, 1.807) is 0 Å². The SMILES string of the molecule is CCNc1nc(CC(C)(C)C)nc(-c2ccccc2)c1Br. The number of benzene rings is 1. The van der Waals surface area contributed by atoms with E-state index in [0.717, 1.165) is 40.3 Å². The Balaban J connectivity index is 2.52. The first kappa shape index (κ1) is 16.0. The third kappa shape index (κ3) is 4.27. The van der Waals surface area contributed by atoms with Gasteiger partial charge in [-0.05, 0) is 28.3 Å². The maximum Gasteiger partial charge on any atom is 0.144 e. The molecule has 0 aliphatic carbocycles. The Hall–Kier alpha value is -1.42. The van der Waals surface area contributed by atoms with Crippen molar-refractivity contribution in [3.05, 3.63) is 40.6 Å². The number of rotatable bonds is 4. The van der Waals surface area contributed by atoms with Crippen LogP contribution in [0, 0.1) is 5.41 Å². The van der Waals surface area contributed by atoms with Crippen LogP contribution in [0.5, 0.6) is 0 Å². The molecule has 0 spiro atoms. The predicted molar refractivity (Wildman–Crippen MR) is 92.5 cm³/mol. The Morgan fingerprint density at radius 2 is 1.76 bits per heavy atom. The van der Waals surface area contributed by atoms with Crippen LogP contribution in [0.1, 0.15) is 33.5 Å². The number of halogens is 1. The molecule has 0 aliphatic rings. The summed E-state index contributed by atoms with van der Waals surface area (Å²) in [5.74, 6) is 1.74. The fourth-order valence-electron chi connectivity index (χ4n) is 2.12. The molecule has 1 heterocycles. The molecule has 3 nitrogen and oxygen atoms in total. The maximum absolute atomic E-state index is 4.77. The van der Waals surface area contributed by atoms with Gasteiger partial charge in [0.1, 0.15) is 11.6 Å². The lowest BCUT2D eigenvalue weighted by molar-refractivity contribution is 0.401. The molecule has 0 radical (unpaired) electrons. The second-order valence-corrected chi connectivity index (χ2v) is 7.08. The smallest absolute Gasteiger partial charge is 0.144 e. The largest absolute Gasteiger partial charge is 0.369 e. The Morgan fingerprint density at radius 1 is 1.10 bits per heavy atom. The van der Waals surface area contributed by atoms with E-state index in [1.165, 1.54) is 0 Å². The van der Waals surface area contributed by atoms with E-state index >= 15 is 0 Å². The number of hydrogen-bond acceptors (Lipinski definition) is 3. The van der Waals surface area contributed by atoms with E-state index in [1.807, 2.05) is 18.2 Å². The fraction of sp³-hybridized carbons (Fsp3) is 0.412. The van der Waals surface area contributed by atoms with Crippen LogP contribution < -0.4 is 5.32 Å². The molecule has 1 N–H and O–H groups in total. The van der Waals surface area contributed by atoms with Gasteiger partial charge in [0.05, 0.1) is 10.2 Å². The minimum atomic E-state index is 0.158. The van der Waals surface area contributed by atoms with Gasteiger partial charge in [-0.15, -0.1) is 0 Å². The highest BCUT2D eigenvalue weighted by atomic mass is 79.9. The van der Waals surface area contributed by atoms with Crippen molar-refractivity contribution in [2.75, 3.05) is 11.9 Å². The van der Waals surface area contributed by atoms with Crippen molar-refractivity contribution in [1.82, 2.24) is 9.97 Å². The highest BCUT2D eigenvalue weighted by Crippen LogP contribution is 2.32. The van der Waals surface area contributed by atoms with Crippen molar-refractivity contribution in [2.24, 2.45) is 5.41 Å². The molecule has 0 saturated carbocycles. The van der Waals surface area contributed by atoms with Crippen molar-refractivity contribution in [3.63, 3.8) is 0 Å². The Bertz CT molecular complexity index is 603. The summed E-state index contributed by atoms with van der Waals surface area (Å²) in [5.41, 5.74) is 2.20. The molecule has 2 rings (SSSR count). The number of nitrogens with zero attached hydrogens (tertiary/aromatic N) is 2. The lowest BCUT2D eigenvalue weighted by atomic mass is 9.92. The first-order valence-electron chi connectivity index (χ1n) is 7.26. The second kappa shape index (κ2) is 6.56. The molecule has 2 aromatic rings. The monoisotopic (exact) mass is 347 g/mol. The van der Waals surface area contributed by atoms with E-state index in [0.29, 0.717) is 0 Å². The Kier molecular flexibility index (Phi) is 4.99. The van der Waals surface area contributed by atoms with Crippen LogP contribution in [-0.4, -0.2) is 16.5 Å². The van der Waals surface area contributed by atoms with Crippen LogP contribution in [0.15, 0.2) is 34.8 Å². The lowest BCUT2D eigenvalue weighted by Gasteiger charge is -2.19. The molecule has 21 heavy (non-hydrogen) atoms. The van der Waals surface area contributed by atoms with Crippen molar-refractivity contribution >= 4 is 21.7 Å². The minimum absolute atomic E-state index is 0.158. The molecule has 0 aliphatic heterocycles. The van der Waals surface area contributed by atoms with Gasteiger partial charge < -0.3 is 5.32 Å². The highest BCUT2D eigenvalue weighted by Gasteiger charge is 2.18. The first-order chi connectivity index (χ1) is 9.90. The molecule has 0 atom stereocenters. The van der Waals surface area contributed by atoms with E-state index in [2.05, 4.69) is 66.1 Å². The number of aromatic nitrogens is 2. The zero-order valence-electron chi connectivity index (χ0n) is 13.1. The third-order valence-corrected chi connectivity index (χ3v) is 3.73. The summed E-state index contributed by atoms with van der Waals surface area (Å²) in [5, 5.41) is 3.31. The summed E-state index contributed by atoms with van der Waals surface area (Å²) >= 11 is 3.65. The minimum Gasteiger partial charge on any atom is -0.369 e. The predicted octanol–water partition coefficient (Wildman–Crippen LogP) is 4.93. The van der Waals surface area contributed by atoms with E-state index in [4.69, 9.17) is 4.98 Å². The van der Waals surface area contributed by atoms with Crippen molar-refractivity contribution in [2.45, 2.75) is 34.1 Å². The van der Waals surface area contributed by atoms with Crippen LogP contribution in [0.25, 0.3) is 11.3 Å². The standard InChI is InChI=1S/C17H22BrN3/c1-5-19-16-14(18)15(12-9-7-6-8-10-12)20-13(21-16)11-17(2,3)4/h6-10H,5,11H2,1-4H3,(H,19,20,21). The van der Waals surface area contributed by atoms with Crippen molar-refractivity contribution < 1.29 is 0 Å². The molecule has 0 fully saturated rings. The van der Waals surface area contributed by atoms with Gasteiger partial charge in [0.15, 0.2) is 0 Å². The van der Waals surface area contributed by atoms with Gasteiger partial charge in [0.2, 0.25) is 0 Å². The summed E-state index contributed by atoms with van der Waals surface area (Å²) in [6.07, 6.45) is 0.846. The number of hydrogen-bond donors (Lipinski definition) is 1. The average Bonchev–Trinajstić information content (AvgIpc) is 2.42. The van der Waals surface area contributed by atoms with Crippen LogP contribution in [0.4, 0.5) is 5.82 Å². The van der Waals surface area contributed by atoms with E-state index in [9.17, 15) is 0 Å². The summed E-state index contributed by atoms with van der Waals surface area (Å²) in [7, 11) is 0. The summed E-state index contributed by atoms with van der Waals surface area (Å²) < 4.78 is 0.924. The summed E-state index contributed by atoms with van der Waals surface area (Å²) in [6.45, 7) is 9.51. The van der Waals surface area contributed by atoms with Gasteiger partial charge in [-0.1, -0.05) is 51.1 Å². The number of anilines is 1. The van der Waals surface area contributed by atoms with Gasteiger partial charge in [0.25, 0.3) is 0 Å². The maximum atomic E-state index is 4.77. The van der Waals surface area contributed by atoms with Gasteiger partial charge in [-0.25, -0.2) is 9.97 Å². The summed E-state index contributed by atoms with van der Waals surface area (Å²) in [4.78, 5) is 9.44. The fourth-order valence-corrected chi connectivity index (χ4v) is 2.67. The van der Waals surface area contributed by atoms with E-state index < -0.39 is 0 Å². The van der Waals surface area contributed by atoms with Crippen LogP contribution in [0.2, 0.25) is 0 Å². The molecule has 0 amide bonds.